The van der Waals surface area contributed by atoms with E-state index in [1.165, 1.54) is 5.56 Å². The van der Waals surface area contributed by atoms with Gasteiger partial charge in [0.15, 0.2) is 0 Å². The molecule has 0 saturated carbocycles. The number of rotatable bonds is 6. The summed E-state index contributed by atoms with van der Waals surface area (Å²) in [6.45, 7) is 7.84. The van der Waals surface area contributed by atoms with Crippen molar-refractivity contribution >= 4 is 11.8 Å². The fraction of sp³-hybridized carbons (Fsp3) is 0.579. The Kier molecular flexibility index (Phi) is 6.42. The van der Waals surface area contributed by atoms with Crippen LogP contribution in [0.2, 0.25) is 0 Å². The lowest BCUT2D eigenvalue weighted by molar-refractivity contribution is 0.0493. The number of amides is 1. The fourth-order valence-corrected chi connectivity index (χ4v) is 2.75. The smallest absolute Gasteiger partial charge is 0.408 e. The number of carbonyl (C=O) groups is 1. The van der Waals surface area contributed by atoms with E-state index in [4.69, 9.17) is 14.3 Å². The van der Waals surface area contributed by atoms with Gasteiger partial charge in [-0.1, -0.05) is 42.4 Å². The van der Waals surface area contributed by atoms with E-state index in [0.29, 0.717) is 6.61 Å². The molecule has 2 unspecified atom stereocenters. The highest BCUT2D eigenvalue weighted by Gasteiger charge is 2.36. The Morgan fingerprint density at radius 2 is 2.00 bits per heavy atom. The lowest BCUT2D eigenvalue weighted by Gasteiger charge is -2.24. The van der Waals surface area contributed by atoms with E-state index in [0.717, 1.165) is 12.1 Å². The van der Waals surface area contributed by atoms with Crippen LogP contribution in [0.15, 0.2) is 35.5 Å². The number of oxime groups is 1. The zero-order valence-electron chi connectivity index (χ0n) is 15.6. The third kappa shape index (κ3) is 5.74. The Hall–Kier alpha value is -2.08. The highest BCUT2D eigenvalue weighted by Crippen LogP contribution is 2.24. The SMILES string of the molecule is COC[C@H](NC(=O)OC(C)(C)C)C1=NOC(Cc2ccccc2)C1C. The Balaban J connectivity index is 2.00. The van der Waals surface area contributed by atoms with Gasteiger partial charge in [0.05, 0.1) is 18.4 Å². The largest absolute Gasteiger partial charge is 0.444 e. The highest BCUT2D eigenvalue weighted by atomic mass is 16.6. The number of ether oxygens (including phenoxy) is 2. The molecule has 1 aromatic carbocycles. The van der Waals surface area contributed by atoms with Crippen LogP contribution < -0.4 is 5.32 Å². The molecule has 3 atom stereocenters. The van der Waals surface area contributed by atoms with Crippen LogP contribution in [-0.4, -0.2) is 43.3 Å². The van der Waals surface area contributed by atoms with Crippen LogP contribution in [0.1, 0.15) is 33.3 Å². The molecule has 0 aliphatic carbocycles. The standard InChI is InChI=1S/C19H28N2O4/c1-13-16(11-14-9-7-6-8-10-14)25-21-17(13)15(12-23-5)20-18(22)24-19(2,3)4/h6-10,13,15-16H,11-12H2,1-5H3,(H,20,22)/t13?,15-,16?/m0/s1. The van der Waals surface area contributed by atoms with Gasteiger partial charge >= 0.3 is 6.09 Å². The van der Waals surface area contributed by atoms with Crippen LogP contribution in [0, 0.1) is 5.92 Å². The average Bonchev–Trinajstić information content (AvgIpc) is 2.87. The number of alkyl carbamates (subject to hydrolysis) is 1. The van der Waals surface area contributed by atoms with Crippen LogP contribution in [0.25, 0.3) is 0 Å². The lowest BCUT2D eigenvalue weighted by Crippen LogP contribution is -2.48. The Bertz CT molecular complexity index is 595. The van der Waals surface area contributed by atoms with Gasteiger partial charge < -0.3 is 19.6 Å². The molecule has 1 amide bonds. The first-order chi connectivity index (χ1) is 11.8. The summed E-state index contributed by atoms with van der Waals surface area (Å²) in [6, 6.07) is 9.77. The van der Waals surface area contributed by atoms with Gasteiger partial charge in [-0.15, -0.1) is 0 Å². The van der Waals surface area contributed by atoms with E-state index < -0.39 is 11.7 Å². The van der Waals surface area contributed by atoms with Gasteiger partial charge in [-0.05, 0) is 26.3 Å². The zero-order chi connectivity index (χ0) is 18.4. The monoisotopic (exact) mass is 348 g/mol. The minimum Gasteiger partial charge on any atom is -0.444 e. The second-order valence-electron chi connectivity index (χ2n) is 7.29. The maximum absolute atomic E-state index is 12.1. The minimum absolute atomic E-state index is 0.0582. The van der Waals surface area contributed by atoms with Crippen LogP contribution in [0.4, 0.5) is 4.79 Å². The molecule has 0 fully saturated rings. The van der Waals surface area contributed by atoms with E-state index in [1.54, 1.807) is 7.11 Å². The van der Waals surface area contributed by atoms with Crippen LogP contribution in [0.5, 0.6) is 0 Å². The van der Waals surface area contributed by atoms with Gasteiger partial charge in [0.2, 0.25) is 0 Å². The number of nitrogens with zero attached hydrogens (tertiary/aromatic N) is 1. The number of carbonyl (C=O) groups excluding carboxylic acids is 1. The zero-order valence-corrected chi connectivity index (χ0v) is 15.6. The summed E-state index contributed by atoms with van der Waals surface area (Å²) in [5.41, 5.74) is 1.41. The third-order valence-electron chi connectivity index (χ3n) is 3.98. The molecular weight excluding hydrogens is 320 g/mol. The van der Waals surface area contributed by atoms with Crippen LogP contribution in [0.3, 0.4) is 0 Å². The first kappa shape index (κ1) is 19.2. The van der Waals surface area contributed by atoms with Crippen LogP contribution in [-0.2, 0) is 20.7 Å². The molecule has 0 saturated heterocycles. The molecule has 0 aromatic heterocycles. The molecule has 6 heteroatoms. The van der Waals surface area contributed by atoms with Crippen molar-refractivity contribution in [3.8, 4) is 0 Å². The molecule has 6 nitrogen and oxygen atoms in total. The first-order valence-electron chi connectivity index (χ1n) is 8.56. The third-order valence-corrected chi connectivity index (χ3v) is 3.98. The fourth-order valence-electron chi connectivity index (χ4n) is 2.75. The molecule has 1 aliphatic rings. The molecule has 0 radical (unpaired) electrons. The highest BCUT2D eigenvalue weighted by molar-refractivity contribution is 5.94. The molecule has 138 valence electrons. The van der Waals surface area contributed by atoms with Crippen molar-refractivity contribution in [2.24, 2.45) is 11.1 Å². The summed E-state index contributed by atoms with van der Waals surface area (Å²) in [5, 5.41) is 7.06. The van der Waals surface area contributed by atoms with Gasteiger partial charge in [-0.2, -0.15) is 0 Å². The quantitative estimate of drug-likeness (QED) is 0.857. The maximum Gasteiger partial charge on any atom is 0.408 e. The van der Waals surface area contributed by atoms with Gasteiger partial charge in [-0.25, -0.2) is 4.79 Å². The number of nitrogens with one attached hydrogen (secondary N) is 1. The van der Waals surface area contributed by atoms with E-state index in [1.807, 2.05) is 39.0 Å². The summed E-state index contributed by atoms with van der Waals surface area (Å²) in [5.74, 6) is 0.0651. The van der Waals surface area contributed by atoms with Crippen molar-refractivity contribution in [2.75, 3.05) is 13.7 Å². The molecule has 1 heterocycles. The predicted molar refractivity (Wildman–Crippen MR) is 96.7 cm³/mol. The average molecular weight is 348 g/mol. The summed E-state index contributed by atoms with van der Waals surface area (Å²) in [4.78, 5) is 17.7. The van der Waals surface area contributed by atoms with Gasteiger partial charge in [0.25, 0.3) is 0 Å². The van der Waals surface area contributed by atoms with E-state index in [9.17, 15) is 4.79 Å². The summed E-state index contributed by atoms with van der Waals surface area (Å²) in [6.07, 6.45) is 0.217. The number of benzene rings is 1. The molecule has 0 bridgehead atoms. The second-order valence-corrected chi connectivity index (χ2v) is 7.29. The topological polar surface area (TPSA) is 69.2 Å². The van der Waals surface area contributed by atoms with Gasteiger partial charge in [0, 0.05) is 19.4 Å². The predicted octanol–water partition coefficient (Wildman–Crippen LogP) is 3.16. The maximum atomic E-state index is 12.1. The Morgan fingerprint density at radius 3 is 2.60 bits per heavy atom. The number of hydrogen-bond acceptors (Lipinski definition) is 5. The molecule has 1 N–H and O–H groups in total. The van der Waals surface area contributed by atoms with Gasteiger partial charge in [-0.3, -0.25) is 0 Å². The molecular formula is C19H28N2O4. The summed E-state index contributed by atoms with van der Waals surface area (Å²) in [7, 11) is 1.59. The molecule has 0 spiro atoms. The van der Waals surface area contributed by atoms with Crippen molar-refractivity contribution in [2.45, 2.75) is 51.9 Å². The lowest BCUT2D eigenvalue weighted by atomic mass is 9.91. The summed E-state index contributed by atoms with van der Waals surface area (Å²) < 4.78 is 10.6. The van der Waals surface area contributed by atoms with Crippen molar-refractivity contribution in [3.05, 3.63) is 35.9 Å². The molecule has 25 heavy (non-hydrogen) atoms. The normalized spacial score (nSPS) is 21.2. The minimum atomic E-state index is -0.558. The van der Waals surface area contributed by atoms with Crippen molar-refractivity contribution < 1.29 is 19.1 Å². The molecule has 2 rings (SSSR count). The summed E-state index contributed by atoms with van der Waals surface area (Å²) >= 11 is 0. The van der Waals surface area contributed by atoms with E-state index >= 15 is 0 Å². The number of hydrogen-bond donors (Lipinski definition) is 1. The van der Waals surface area contributed by atoms with E-state index in [2.05, 4.69) is 29.5 Å². The Morgan fingerprint density at radius 1 is 1.32 bits per heavy atom. The first-order valence-corrected chi connectivity index (χ1v) is 8.56. The number of methoxy groups -OCH3 is 1. The van der Waals surface area contributed by atoms with Crippen molar-refractivity contribution in [3.63, 3.8) is 0 Å². The van der Waals surface area contributed by atoms with Crippen LogP contribution >= 0.6 is 0 Å². The van der Waals surface area contributed by atoms with Gasteiger partial charge in [0.1, 0.15) is 11.7 Å². The molecule has 1 aliphatic heterocycles. The second kappa shape index (κ2) is 8.34. The Labute approximate surface area is 149 Å². The van der Waals surface area contributed by atoms with Crippen molar-refractivity contribution in [1.29, 1.82) is 0 Å². The van der Waals surface area contributed by atoms with Crippen molar-refractivity contribution in [1.82, 2.24) is 5.32 Å². The van der Waals surface area contributed by atoms with E-state index in [-0.39, 0.29) is 18.1 Å². The molecule has 1 aromatic rings.